The molecule has 0 aliphatic carbocycles. The minimum atomic E-state index is -2.71. The molecule has 12 heavy (non-hydrogen) atoms. The predicted octanol–water partition coefficient (Wildman–Crippen LogP) is -2.69. The highest BCUT2D eigenvalue weighted by atomic mass is 31.2. The summed E-state index contributed by atoms with van der Waals surface area (Å²) >= 11 is 0. The first-order chi connectivity index (χ1) is 5.39. The molecule has 0 rings (SSSR count). The number of aliphatic carboxylic acids is 1. The first-order valence-electron chi connectivity index (χ1n) is 3.40. The number of carboxylic acids is 1. The van der Waals surface area contributed by atoms with Crippen molar-refractivity contribution in [3.63, 3.8) is 0 Å². The second kappa shape index (κ2) is 4.57. The number of rotatable bonds is 5. The van der Waals surface area contributed by atoms with Gasteiger partial charge < -0.3 is 15.6 Å². The smallest absolute Gasteiger partial charge is 0.272 e. The molecule has 0 heterocycles. The van der Waals surface area contributed by atoms with E-state index in [0.29, 0.717) is 5.25 Å². The predicted molar refractivity (Wildman–Crippen MR) is 39.7 cm³/mol. The Morgan fingerprint density at radius 3 is 2.67 bits per heavy atom. The Bertz CT molecular complexity index is 208. The molecular weight excluding hydrogens is 183 g/mol. The van der Waals surface area contributed by atoms with Crippen LogP contribution in [0.3, 0.4) is 0 Å². The molecule has 0 fully saturated rings. The molecule has 7 heteroatoms. The van der Waals surface area contributed by atoms with Gasteiger partial charge in [-0.3, -0.25) is 4.57 Å². The molecule has 0 saturated carbocycles. The third-order valence-electron chi connectivity index (χ3n) is 1.43. The van der Waals surface area contributed by atoms with E-state index in [-0.39, 0.29) is 12.6 Å². The van der Waals surface area contributed by atoms with Crippen molar-refractivity contribution >= 4 is 13.3 Å². The SMILES string of the molecule is CP(=O)(CCC(N)C(=O)[O-])[NH2+]O. The van der Waals surface area contributed by atoms with Gasteiger partial charge in [0.25, 0.3) is 7.29 Å². The molecule has 0 saturated heterocycles. The van der Waals surface area contributed by atoms with Gasteiger partial charge in [-0.15, -0.1) is 0 Å². The van der Waals surface area contributed by atoms with Crippen molar-refractivity contribution in [2.24, 2.45) is 5.73 Å². The van der Waals surface area contributed by atoms with Crippen LogP contribution >= 0.6 is 7.29 Å². The normalized spacial score (nSPS) is 18.2. The van der Waals surface area contributed by atoms with Crippen LogP contribution < -0.4 is 16.1 Å². The molecule has 2 unspecified atom stereocenters. The lowest BCUT2D eigenvalue weighted by Gasteiger charge is -2.13. The van der Waals surface area contributed by atoms with Crippen LogP contribution in [0.5, 0.6) is 0 Å². The van der Waals surface area contributed by atoms with Gasteiger partial charge in [0.05, 0.1) is 12.1 Å². The topological polar surface area (TPSA) is 120 Å². The van der Waals surface area contributed by atoms with Gasteiger partial charge in [-0.2, -0.15) is 5.25 Å². The van der Waals surface area contributed by atoms with Gasteiger partial charge in [-0.05, 0) is 6.42 Å². The van der Waals surface area contributed by atoms with Crippen LogP contribution in [-0.4, -0.2) is 30.0 Å². The summed E-state index contributed by atoms with van der Waals surface area (Å²) in [6.07, 6.45) is 0.131. The van der Waals surface area contributed by atoms with Crippen LogP contribution in [0.4, 0.5) is 0 Å². The van der Waals surface area contributed by atoms with Crippen LogP contribution in [0.25, 0.3) is 0 Å². The van der Waals surface area contributed by atoms with Crippen molar-refractivity contribution in [3.8, 4) is 0 Å². The molecule has 0 aliphatic heterocycles. The minimum Gasteiger partial charge on any atom is -0.548 e. The molecule has 6 nitrogen and oxygen atoms in total. The summed E-state index contributed by atoms with van der Waals surface area (Å²) < 4.78 is 11.1. The molecule has 0 amide bonds. The quantitative estimate of drug-likeness (QED) is 0.326. The van der Waals surface area contributed by atoms with E-state index >= 15 is 0 Å². The largest absolute Gasteiger partial charge is 0.548 e. The number of carboxylic acid groups (broad SMARTS) is 1. The molecule has 0 aromatic rings. The highest BCUT2D eigenvalue weighted by Crippen LogP contribution is 2.28. The number of hydrogen-bond acceptors (Lipinski definition) is 5. The number of nitrogens with two attached hydrogens (primary N) is 2. The zero-order valence-corrected chi connectivity index (χ0v) is 7.66. The van der Waals surface area contributed by atoms with Crippen LogP contribution in [-0.2, 0) is 9.36 Å². The van der Waals surface area contributed by atoms with E-state index in [0.717, 1.165) is 0 Å². The molecule has 0 spiro atoms. The van der Waals surface area contributed by atoms with E-state index in [1.165, 1.54) is 6.66 Å². The lowest BCUT2D eigenvalue weighted by molar-refractivity contribution is -0.774. The Morgan fingerprint density at radius 1 is 1.83 bits per heavy atom. The minimum absolute atomic E-state index is 0.0488. The fourth-order valence-electron chi connectivity index (χ4n) is 0.571. The van der Waals surface area contributed by atoms with Crippen molar-refractivity contribution in [1.82, 2.24) is 0 Å². The Labute approximate surface area is 70.1 Å². The Kier molecular flexibility index (Phi) is 4.41. The summed E-state index contributed by atoms with van der Waals surface area (Å²) in [5.41, 5.74) is 5.10. The maximum absolute atomic E-state index is 11.1. The summed E-state index contributed by atoms with van der Waals surface area (Å²) in [5.74, 6) is -1.37. The van der Waals surface area contributed by atoms with Gasteiger partial charge >= 0.3 is 0 Å². The van der Waals surface area contributed by atoms with Gasteiger partial charge in [0.2, 0.25) is 0 Å². The van der Waals surface area contributed by atoms with Crippen LogP contribution in [0.1, 0.15) is 6.42 Å². The molecule has 0 aromatic carbocycles. The van der Waals surface area contributed by atoms with Gasteiger partial charge in [-0.1, -0.05) is 0 Å². The van der Waals surface area contributed by atoms with Crippen molar-refractivity contribution in [3.05, 3.63) is 0 Å². The Hall–Kier alpha value is -0.420. The molecule has 0 radical (unpaired) electrons. The van der Waals surface area contributed by atoms with Crippen molar-refractivity contribution in [2.75, 3.05) is 12.8 Å². The zero-order chi connectivity index (χ0) is 9.78. The highest BCUT2D eigenvalue weighted by molar-refractivity contribution is 7.55. The molecule has 72 valence electrons. The third kappa shape index (κ3) is 4.46. The first kappa shape index (κ1) is 11.6. The molecular formula is C5H13N2O4P. The van der Waals surface area contributed by atoms with Crippen molar-refractivity contribution < 1.29 is 24.9 Å². The zero-order valence-electron chi connectivity index (χ0n) is 6.77. The molecule has 0 aliphatic rings. The molecule has 0 bridgehead atoms. The average Bonchev–Trinajstić information content (AvgIpc) is 2.00. The standard InChI is InChI=1S/C5H13N2O4P/c1-12(11,7-10)3-2-4(6)5(8)9/h4,10H,2-3,6H2,1H3,(H,7,11)(H,8,9). The molecule has 2 atom stereocenters. The highest BCUT2D eigenvalue weighted by Gasteiger charge is 2.19. The van der Waals surface area contributed by atoms with Crippen molar-refractivity contribution in [1.29, 1.82) is 0 Å². The van der Waals surface area contributed by atoms with E-state index in [2.05, 4.69) is 0 Å². The van der Waals surface area contributed by atoms with E-state index in [1.54, 1.807) is 0 Å². The van der Waals surface area contributed by atoms with Crippen LogP contribution in [0, 0.1) is 0 Å². The summed E-state index contributed by atoms with van der Waals surface area (Å²) in [5, 5.41) is 19.2. The maximum atomic E-state index is 11.1. The number of carbonyl (C=O) groups is 1. The first-order valence-corrected chi connectivity index (χ1v) is 5.81. The van der Waals surface area contributed by atoms with Crippen molar-refractivity contribution in [2.45, 2.75) is 12.5 Å². The van der Waals surface area contributed by atoms with Gasteiger partial charge in [0, 0.05) is 12.7 Å². The maximum Gasteiger partial charge on any atom is 0.272 e. The van der Waals surface area contributed by atoms with Gasteiger partial charge in [-0.25, -0.2) is 5.21 Å². The summed E-state index contributed by atoms with van der Waals surface area (Å²) in [4.78, 5) is 10.1. The fourth-order valence-corrected chi connectivity index (χ4v) is 1.48. The second-order valence-corrected chi connectivity index (χ2v) is 5.75. The van der Waals surface area contributed by atoms with E-state index in [4.69, 9.17) is 10.9 Å². The fraction of sp³-hybridized carbons (Fsp3) is 0.800. The molecule has 5 N–H and O–H groups in total. The van der Waals surface area contributed by atoms with Crippen LogP contribution in [0.15, 0.2) is 0 Å². The third-order valence-corrected chi connectivity index (χ3v) is 3.07. The number of carbonyl (C=O) groups excluding carboxylic acids is 1. The lowest BCUT2D eigenvalue weighted by atomic mass is 10.2. The lowest BCUT2D eigenvalue weighted by Crippen LogP contribution is -2.75. The average molecular weight is 196 g/mol. The summed E-state index contributed by atoms with van der Waals surface area (Å²) in [6, 6.07) is -1.11. The van der Waals surface area contributed by atoms with E-state index in [9.17, 15) is 14.5 Å². The number of quaternary nitrogens is 1. The second-order valence-electron chi connectivity index (χ2n) is 2.73. The van der Waals surface area contributed by atoms with Gasteiger partial charge in [0.1, 0.15) is 0 Å². The molecule has 0 aromatic heterocycles. The van der Waals surface area contributed by atoms with E-state index in [1.807, 2.05) is 0 Å². The Balaban J connectivity index is 3.83. The van der Waals surface area contributed by atoms with Crippen LogP contribution in [0.2, 0.25) is 0 Å². The van der Waals surface area contributed by atoms with E-state index < -0.39 is 19.3 Å². The summed E-state index contributed by atoms with van der Waals surface area (Å²) in [6.45, 7) is 1.36. The summed E-state index contributed by atoms with van der Waals surface area (Å²) in [7, 11) is -2.71. The van der Waals surface area contributed by atoms with Gasteiger partial charge in [0.15, 0.2) is 0 Å². The number of hydrogen-bond donors (Lipinski definition) is 3. The monoisotopic (exact) mass is 196 g/mol. The Morgan fingerprint density at radius 2 is 2.33 bits per heavy atom.